The van der Waals surface area contributed by atoms with Gasteiger partial charge >= 0.3 is 5.97 Å². The van der Waals surface area contributed by atoms with Crippen molar-refractivity contribution in [2.45, 2.75) is 6.92 Å². The molecule has 5 heteroatoms. The molecule has 100 valence electrons. The second-order valence-electron chi connectivity index (χ2n) is 4.48. The number of carbonyl (C=O) groups is 1. The van der Waals surface area contributed by atoms with E-state index in [0.29, 0.717) is 0 Å². The van der Waals surface area contributed by atoms with E-state index in [0.717, 1.165) is 26.1 Å². The molecule has 0 bridgehead atoms. The number of hydrogen-bond acceptors (Lipinski definition) is 2. The lowest BCUT2D eigenvalue weighted by Gasteiger charge is -2.07. The Morgan fingerprint density at radius 2 is 1.90 bits per heavy atom. The Balaban J connectivity index is 2.28. The Morgan fingerprint density at radius 1 is 1.20 bits per heavy atom. The van der Waals surface area contributed by atoms with Crippen molar-refractivity contribution in [1.82, 2.24) is 9.55 Å². The number of benzene rings is 2. The number of aromatic nitrogens is 2. The Morgan fingerprint density at radius 3 is 2.55 bits per heavy atom. The molecule has 3 rings (SSSR count). The van der Waals surface area contributed by atoms with Crippen LogP contribution in [0.25, 0.3) is 16.7 Å². The minimum Gasteiger partial charge on any atom is -0.478 e. The lowest BCUT2D eigenvalue weighted by Crippen LogP contribution is -1.99. The van der Waals surface area contributed by atoms with Crippen LogP contribution in [0.15, 0.2) is 42.5 Å². The standard InChI is InChI=1S/C15H11IN2O2/c1-9-17-13-7-2-10(15(19)20)8-14(13)18(9)12-5-3-11(16)4-6-12/h2-8H,1H3,(H,19,20). The summed E-state index contributed by atoms with van der Waals surface area (Å²) < 4.78 is 3.12. The molecule has 0 saturated heterocycles. The van der Waals surface area contributed by atoms with E-state index in [1.807, 2.05) is 35.8 Å². The van der Waals surface area contributed by atoms with E-state index in [4.69, 9.17) is 5.11 Å². The number of imidazole rings is 1. The molecule has 0 unspecified atom stereocenters. The minimum atomic E-state index is -0.931. The van der Waals surface area contributed by atoms with Crippen LogP contribution in [0, 0.1) is 10.5 Å². The first-order valence-corrected chi connectivity index (χ1v) is 7.12. The molecule has 20 heavy (non-hydrogen) atoms. The van der Waals surface area contributed by atoms with Gasteiger partial charge in [-0.3, -0.25) is 4.57 Å². The molecule has 0 fully saturated rings. The highest BCUT2D eigenvalue weighted by Crippen LogP contribution is 2.23. The monoisotopic (exact) mass is 378 g/mol. The van der Waals surface area contributed by atoms with Crippen molar-refractivity contribution in [1.29, 1.82) is 0 Å². The first-order chi connectivity index (χ1) is 9.56. The smallest absolute Gasteiger partial charge is 0.335 e. The molecule has 0 spiro atoms. The van der Waals surface area contributed by atoms with E-state index < -0.39 is 5.97 Å². The highest BCUT2D eigenvalue weighted by atomic mass is 127. The number of fused-ring (bicyclic) bond motifs is 1. The average Bonchev–Trinajstić information content (AvgIpc) is 2.75. The number of nitrogens with zero attached hydrogens (tertiary/aromatic N) is 2. The van der Waals surface area contributed by atoms with Crippen LogP contribution in [0.3, 0.4) is 0 Å². The molecule has 1 aromatic heterocycles. The lowest BCUT2D eigenvalue weighted by molar-refractivity contribution is 0.0697. The second kappa shape index (κ2) is 4.90. The molecule has 4 nitrogen and oxygen atoms in total. The predicted octanol–water partition coefficient (Wildman–Crippen LogP) is 3.64. The minimum absolute atomic E-state index is 0.268. The quantitative estimate of drug-likeness (QED) is 0.693. The normalized spacial score (nSPS) is 10.9. The van der Waals surface area contributed by atoms with Crippen LogP contribution in [0.5, 0.6) is 0 Å². The predicted molar refractivity (Wildman–Crippen MR) is 85.5 cm³/mol. The maximum Gasteiger partial charge on any atom is 0.335 e. The highest BCUT2D eigenvalue weighted by Gasteiger charge is 2.12. The zero-order chi connectivity index (χ0) is 14.3. The SMILES string of the molecule is Cc1nc2ccc(C(=O)O)cc2n1-c1ccc(I)cc1. The van der Waals surface area contributed by atoms with Gasteiger partial charge < -0.3 is 5.11 Å². The van der Waals surface area contributed by atoms with Crippen LogP contribution in [0.2, 0.25) is 0 Å². The number of carboxylic acids is 1. The Kier molecular flexibility index (Phi) is 3.21. The third-order valence-electron chi connectivity index (χ3n) is 3.15. The van der Waals surface area contributed by atoms with E-state index >= 15 is 0 Å². The van der Waals surface area contributed by atoms with Gasteiger partial charge in [0.25, 0.3) is 0 Å². The van der Waals surface area contributed by atoms with E-state index in [-0.39, 0.29) is 5.56 Å². The number of aromatic carboxylic acids is 1. The van der Waals surface area contributed by atoms with E-state index in [9.17, 15) is 4.79 Å². The molecule has 0 atom stereocenters. The van der Waals surface area contributed by atoms with E-state index in [1.54, 1.807) is 18.2 Å². The van der Waals surface area contributed by atoms with Gasteiger partial charge in [0.1, 0.15) is 5.82 Å². The Labute approximate surface area is 129 Å². The topological polar surface area (TPSA) is 55.1 Å². The Hall–Kier alpha value is -1.89. The molecule has 0 aliphatic heterocycles. The summed E-state index contributed by atoms with van der Waals surface area (Å²) in [6, 6.07) is 13.0. The number of aryl methyl sites for hydroxylation is 1. The summed E-state index contributed by atoms with van der Waals surface area (Å²) in [4.78, 5) is 15.6. The average molecular weight is 378 g/mol. The number of rotatable bonds is 2. The highest BCUT2D eigenvalue weighted by molar-refractivity contribution is 14.1. The summed E-state index contributed by atoms with van der Waals surface area (Å²) >= 11 is 2.25. The third-order valence-corrected chi connectivity index (χ3v) is 3.87. The van der Waals surface area contributed by atoms with Crippen molar-refractivity contribution in [3.05, 3.63) is 57.4 Å². The molecule has 0 amide bonds. The molecule has 0 saturated carbocycles. The lowest BCUT2D eigenvalue weighted by atomic mass is 10.2. The second-order valence-corrected chi connectivity index (χ2v) is 5.73. The maximum absolute atomic E-state index is 11.1. The molecule has 2 aromatic carbocycles. The van der Waals surface area contributed by atoms with Crippen molar-refractivity contribution >= 4 is 39.6 Å². The van der Waals surface area contributed by atoms with Crippen molar-refractivity contribution in [2.24, 2.45) is 0 Å². The van der Waals surface area contributed by atoms with Crippen LogP contribution in [-0.4, -0.2) is 20.6 Å². The van der Waals surface area contributed by atoms with Crippen LogP contribution < -0.4 is 0 Å². The number of carboxylic acid groups (broad SMARTS) is 1. The van der Waals surface area contributed by atoms with Gasteiger partial charge in [0, 0.05) is 9.26 Å². The fraction of sp³-hybridized carbons (Fsp3) is 0.0667. The van der Waals surface area contributed by atoms with Crippen molar-refractivity contribution < 1.29 is 9.90 Å². The van der Waals surface area contributed by atoms with Crippen LogP contribution in [-0.2, 0) is 0 Å². The van der Waals surface area contributed by atoms with Gasteiger partial charge in [0.15, 0.2) is 0 Å². The van der Waals surface area contributed by atoms with E-state index in [2.05, 4.69) is 27.6 Å². The zero-order valence-corrected chi connectivity index (χ0v) is 12.8. The summed E-state index contributed by atoms with van der Waals surface area (Å²) in [5, 5.41) is 9.12. The van der Waals surface area contributed by atoms with Gasteiger partial charge in [-0.15, -0.1) is 0 Å². The molecule has 0 aliphatic rings. The molecule has 0 aliphatic carbocycles. The molecule has 1 N–H and O–H groups in total. The summed E-state index contributed by atoms with van der Waals surface area (Å²) in [6.45, 7) is 1.92. The summed E-state index contributed by atoms with van der Waals surface area (Å²) in [6.07, 6.45) is 0. The first-order valence-electron chi connectivity index (χ1n) is 6.04. The van der Waals surface area contributed by atoms with Crippen LogP contribution >= 0.6 is 22.6 Å². The largest absolute Gasteiger partial charge is 0.478 e. The van der Waals surface area contributed by atoms with Gasteiger partial charge in [-0.05, 0) is 72.0 Å². The summed E-state index contributed by atoms with van der Waals surface area (Å²) in [5.41, 5.74) is 2.85. The molecular formula is C15H11IN2O2. The van der Waals surface area contributed by atoms with Crippen molar-refractivity contribution in [3.63, 3.8) is 0 Å². The molecule has 3 aromatic rings. The molecule has 0 radical (unpaired) electrons. The third kappa shape index (κ3) is 2.18. The number of halogens is 1. The Bertz CT molecular complexity index is 807. The number of hydrogen-bond donors (Lipinski definition) is 1. The molecule has 1 heterocycles. The van der Waals surface area contributed by atoms with Gasteiger partial charge in [-0.2, -0.15) is 0 Å². The fourth-order valence-corrected chi connectivity index (χ4v) is 2.60. The van der Waals surface area contributed by atoms with Crippen LogP contribution in [0.1, 0.15) is 16.2 Å². The van der Waals surface area contributed by atoms with Crippen LogP contribution in [0.4, 0.5) is 0 Å². The van der Waals surface area contributed by atoms with Gasteiger partial charge in [-0.1, -0.05) is 0 Å². The van der Waals surface area contributed by atoms with Gasteiger partial charge in [0.2, 0.25) is 0 Å². The van der Waals surface area contributed by atoms with Crippen molar-refractivity contribution in [3.8, 4) is 5.69 Å². The van der Waals surface area contributed by atoms with Gasteiger partial charge in [-0.25, -0.2) is 9.78 Å². The zero-order valence-electron chi connectivity index (χ0n) is 10.7. The summed E-state index contributed by atoms with van der Waals surface area (Å²) in [7, 11) is 0. The summed E-state index contributed by atoms with van der Waals surface area (Å²) in [5.74, 6) is -0.0938. The fourth-order valence-electron chi connectivity index (χ4n) is 2.24. The van der Waals surface area contributed by atoms with E-state index in [1.165, 1.54) is 0 Å². The first kappa shape index (κ1) is 13.1. The maximum atomic E-state index is 11.1. The van der Waals surface area contributed by atoms with Crippen molar-refractivity contribution in [2.75, 3.05) is 0 Å². The van der Waals surface area contributed by atoms with Gasteiger partial charge in [0.05, 0.1) is 16.6 Å². The molecular weight excluding hydrogens is 367 g/mol.